The Morgan fingerprint density at radius 1 is 1.12 bits per heavy atom. The summed E-state index contributed by atoms with van der Waals surface area (Å²) in [5, 5.41) is 0. The highest BCUT2D eigenvalue weighted by Crippen LogP contribution is 2.21. The molecule has 0 radical (unpaired) electrons. The van der Waals surface area contributed by atoms with Crippen LogP contribution in [0.1, 0.15) is 38.2 Å². The molecule has 16 heavy (non-hydrogen) atoms. The molecule has 1 aliphatic heterocycles. The van der Waals surface area contributed by atoms with Gasteiger partial charge in [0.25, 0.3) is 0 Å². The van der Waals surface area contributed by atoms with Crippen LogP contribution in [0.5, 0.6) is 0 Å². The second-order valence-corrected chi connectivity index (χ2v) is 4.97. The number of hydrogen-bond acceptors (Lipinski definition) is 1. The van der Waals surface area contributed by atoms with E-state index in [4.69, 9.17) is 0 Å². The lowest BCUT2D eigenvalue weighted by Crippen LogP contribution is -2.24. The van der Waals surface area contributed by atoms with Crippen molar-refractivity contribution < 1.29 is 0 Å². The van der Waals surface area contributed by atoms with Gasteiger partial charge in [-0.25, -0.2) is 0 Å². The standard InChI is InChI=1S/C15H23N/c1-2-14-9-6-11-16(12-10-14)13-15-7-4-3-5-8-15/h3-5,7-8,14H,2,6,9-13H2,1H3. The highest BCUT2D eigenvalue weighted by molar-refractivity contribution is 5.14. The zero-order chi connectivity index (χ0) is 11.2. The van der Waals surface area contributed by atoms with Gasteiger partial charge in [-0.05, 0) is 43.8 Å². The Morgan fingerprint density at radius 3 is 2.69 bits per heavy atom. The second-order valence-electron chi connectivity index (χ2n) is 4.97. The van der Waals surface area contributed by atoms with Gasteiger partial charge in [0.15, 0.2) is 0 Å². The molecule has 88 valence electrons. The van der Waals surface area contributed by atoms with Crippen molar-refractivity contribution in [3.05, 3.63) is 35.9 Å². The maximum absolute atomic E-state index is 2.62. The van der Waals surface area contributed by atoms with Crippen LogP contribution in [0.25, 0.3) is 0 Å². The van der Waals surface area contributed by atoms with Crippen LogP contribution in [-0.4, -0.2) is 18.0 Å². The fraction of sp³-hybridized carbons (Fsp3) is 0.600. The summed E-state index contributed by atoms with van der Waals surface area (Å²) in [7, 11) is 0. The number of nitrogens with zero attached hydrogens (tertiary/aromatic N) is 1. The molecule has 2 rings (SSSR count). The monoisotopic (exact) mass is 217 g/mol. The van der Waals surface area contributed by atoms with E-state index in [9.17, 15) is 0 Å². The molecule has 0 spiro atoms. The lowest BCUT2D eigenvalue weighted by Gasteiger charge is -2.20. The third kappa shape index (κ3) is 3.34. The van der Waals surface area contributed by atoms with E-state index in [0.29, 0.717) is 0 Å². The Bertz CT molecular complexity index is 294. The first-order valence-corrected chi connectivity index (χ1v) is 6.64. The Kier molecular flexibility index (Phi) is 4.41. The summed E-state index contributed by atoms with van der Waals surface area (Å²) in [4.78, 5) is 2.62. The molecule has 0 bridgehead atoms. The molecular formula is C15H23N. The van der Waals surface area contributed by atoms with Crippen LogP contribution in [0.15, 0.2) is 30.3 Å². The summed E-state index contributed by atoms with van der Waals surface area (Å²) in [5.41, 5.74) is 1.46. The van der Waals surface area contributed by atoms with Crippen LogP contribution in [0.3, 0.4) is 0 Å². The first-order valence-electron chi connectivity index (χ1n) is 6.64. The number of hydrogen-bond donors (Lipinski definition) is 0. The zero-order valence-electron chi connectivity index (χ0n) is 10.4. The van der Waals surface area contributed by atoms with Gasteiger partial charge in [0.2, 0.25) is 0 Å². The van der Waals surface area contributed by atoms with Crippen molar-refractivity contribution in [2.75, 3.05) is 13.1 Å². The van der Waals surface area contributed by atoms with Gasteiger partial charge in [0.1, 0.15) is 0 Å². The van der Waals surface area contributed by atoms with Gasteiger partial charge in [-0.1, -0.05) is 43.7 Å². The minimum Gasteiger partial charge on any atom is -0.299 e. The van der Waals surface area contributed by atoms with E-state index in [2.05, 4.69) is 42.2 Å². The number of rotatable bonds is 3. The van der Waals surface area contributed by atoms with Gasteiger partial charge in [-0.15, -0.1) is 0 Å². The summed E-state index contributed by atoms with van der Waals surface area (Å²) in [6.07, 6.45) is 5.57. The predicted molar refractivity (Wildman–Crippen MR) is 69.4 cm³/mol. The third-order valence-electron chi connectivity index (χ3n) is 3.77. The molecule has 1 unspecified atom stereocenters. The van der Waals surface area contributed by atoms with Crippen molar-refractivity contribution >= 4 is 0 Å². The SMILES string of the molecule is CCC1CCCN(Cc2ccccc2)CC1. The van der Waals surface area contributed by atoms with E-state index in [-0.39, 0.29) is 0 Å². The molecule has 1 aromatic rings. The fourth-order valence-electron chi connectivity index (χ4n) is 2.63. The third-order valence-corrected chi connectivity index (χ3v) is 3.77. The molecule has 0 amide bonds. The van der Waals surface area contributed by atoms with Crippen LogP contribution in [0.4, 0.5) is 0 Å². The van der Waals surface area contributed by atoms with Crippen LogP contribution in [0.2, 0.25) is 0 Å². The van der Waals surface area contributed by atoms with Crippen molar-refractivity contribution in [1.29, 1.82) is 0 Å². The molecule has 1 heteroatoms. The molecule has 1 saturated heterocycles. The molecule has 1 fully saturated rings. The molecule has 0 aromatic heterocycles. The quantitative estimate of drug-likeness (QED) is 0.746. The van der Waals surface area contributed by atoms with Gasteiger partial charge in [-0.3, -0.25) is 4.90 Å². The minimum atomic E-state index is 0.973. The average molecular weight is 217 g/mol. The molecule has 1 aromatic carbocycles. The van der Waals surface area contributed by atoms with Crippen LogP contribution >= 0.6 is 0 Å². The van der Waals surface area contributed by atoms with E-state index in [1.54, 1.807) is 0 Å². The maximum Gasteiger partial charge on any atom is 0.0233 e. The van der Waals surface area contributed by atoms with Gasteiger partial charge in [0.05, 0.1) is 0 Å². The van der Waals surface area contributed by atoms with Gasteiger partial charge < -0.3 is 0 Å². The molecule has 1 atom stereocenters. The van der Waals surface area contributed by atoms with E-state index < -0.39 is 0 Å². The van der Waals surface area contributed by atoms with Gasteiger partial charge in [-0.2, -0.15) is 0 Å². The number of benzene rings is 1. The van der Waals surface area contributed by atoms with Crippen LogP contribution in [-0.2, 0) is 6.54 Å². The van der Waals surface area contributed by atoms with Crippen molar-refractivity contribution in [3.63, 3.8) is 0 Å². The Hall–Kier alpha value is -0.820. The Morgan fingerprint density at radius 2 is 1.94 bits per heavy atom. The Labute approximate surface area is 99.5 Å². The van der Waals surface area contributed by atoms with Crippen molar-refractivity contribution in [2.24, 2.45) is 5.92 Å². The van der Waals surface area contributed by atoms with Crippen molar-refractivity contribution in [3.8, 4) is 0 Å². The van der Waals surface area contributed by atoms with Crippen molar-refractivity contribution in [2.45, 2.75) is 39.2 Å². The molecular weight excluding hydrogens is 194 g/mol. The first kappa shape index (κ1) is 11.7. The number of likely N-dealkylation sites (tertiary alicyclic amines) is 1. The average Bonchev–Trinajstić information content (AvgIpc) is 2.56. The topological polar surface area (TPSA) is 3.24 Å². The zero-order valence-corrected chi connectivity index (χ0v) is 10.4. The molecule has 1 aliphatic rings. The summed E-state index contributed by atoms with van der Waals surface area (Å²) in [6.45, 7) is 6.04. The smallest absolute Gasteiger partial charge is 0.0233 e. The van der Waals surface area contributed by atoms with Gasteiger partial charge in [0, 0.05) is 6.54 Å². The summed E-state index contributed by atoms with van der Waals surface area (Å²) >= 11 is 0. The summed E-state index contributed by atoms with van der Waals surface area (Å²) in [6, 6.07) is 10.9. The highest BCUT2D eigenvalue weighted by Gasteiger charge is 2.15. The second kappa shape index (κ2) is 6.05. The maximum atomic E-state index is 2.62. The lowest BCUT2D eigenvalue weighted by molar-refractivity contribution is 0.272. The Balaban J connectivity index is 1.86. The fourth-order valence-corrected chi connectivity index (χ4v) is 2.63. The van der Waals surface area contributed by atoms with E-state index >= 15 is 0 Å². The molecule has 1 heterocycles. The molecule has 0 saturated carbocycles. The van der Waals surface area contributed by atoms with Gasteiger partial charge >= 0.3 is 0 Å². The van der Waals surface area contributed by atoms with E-state index in [1.165, 1.54) is 44.3 Å². The largest absolute Gasteiger partial charge is 0.299 e. The molecule has 1 nitrogen and oxygen atoms in total. The summed E-state index contributed by atoms with van der Waals surface area (Å²) < 4.78 is 0. The van der Waals surface area contributed by atoms with Crippen LogP contribution < -0.4 is 0 Å². The minimum absolute atomic E-state index is 0.973. The lowest BCUT2D eigenvalue weighted by atomic mass is 9.98. The predicted octanol–water partition coefficient (Wildman–Crippen LogP) is 3.70. The van der Waals surface area contributed by atoms with E-state index in [0.717, 1.165) is 12.5 Å². The normalized spacial score (nSPS) is 22.9. The molecule has 0 N–H and O–H groups in total. The summed E-state index contributed by atoms with van der Waals surface area (Å²) in [5.74, 6) is 0.973. The first-order chi connectivity index (χ1) is 7.88. The van der Waals surface area contributed by atoms with E-state index in [1.807, 2.05) is 0 Å². The molecule has 0 aliphatic carbocycles. The van der Waals surface area contributed by atoms with Crippen LogP contribution in [0, 0.1) is 5.92 Å². The highest BCUT2D eigenvalue weighted by atomic mass is 15.1. The van der Waals surface area contributed by atoms with Crippen molar-refractivity contribution in [1.82, 2.24) is 4.90 Å².